The second kappa shape index (κ2) is 17.8. The number of anilines is 2. The van der Waals surface area contributed by atoms with E-state index in [4.69, 9.17) is 28.4 Å². The molecule has 4 aliphatic rings. The molecule has 0 bridgehead atoms. The van der Waals surface area contributed by atoms with Gasteiger partial charge in [0.15, 0.2) is 34.6 Å². The van der Waals surface area contributed by atoms with E-state index >= 15 is 0 Å². The van der Waals surface area contributed by atoms with Crippen LogP contribution in [0.2, 0.25) is 51.4 Å². The van der Waals surface area contributed by atoms with E-state index in [1.807, 2.05) is 0 Å². The van der Waals surface area contributed by atoms with Gasteiger partial charge < -0.3 is 38.2 Å². The topological polar surface area (TPSA) is 171 Å². The quantitative estimate of drug-likeness (QED) is 0.153. The molecule has 0 aromatic heterocycles. The predicted octanol–water partition coefficient (Wildman–Crippen LogP) is 4.44. The summed E-state index contributed by atoms with van der Waals surface area (Å²) in [5.41, 5.74) is 1.01. The zero-order valence-corrected chi connectivity index (χ0v) is 37.3. The van der Waals surface area contributed by atoms with Crippen LogP contribution in [0, 0.1) is 0 Å². The highest BCUT2D eigenvalue weighted by molar-refractivity contribution is 6.76. The van der Waals surface area contributed by atoms with Crippen LogP contribution in [-0.2, 0) is 28.7 Å². The van der Waals surface area contributed by atoms with E-state index in [1.54, 1.807) is 12.1 Å². The van der Waals surface area contributed by atoms with Crippen molar-refractivity contribution in [1.82, 2.24) is 9.80 Å². The minimum atomic E-state index is -1.42. The van der Waals surface area contributed by atoms with Crippen LogP contribution in [0.5, 0.6) is 23.0 Å². The minimum absolute atomic E-state index is 0.0590. The Bertz CT molecular complexity index is 1860. The Morgan fingerprint density at radius 1 is 0.559 bits per heavy atom. The van der Waals surface area contributed by atoms with Crippen LogP contribution in [0.15, 0.2) is 24.3 Å². The lowest BCUT2D eigenvalue weighted by molar-refractivity contribution is -0.124. The summed E-state index contributed by atoms with van der Waals surface area (Å²) in [7, 11) is 0.0523. The third-order valence-electron chi connectivity index (χ3n) is 10.8. The zero-order chi connectivity index (χ0) is 42.8. The Kier molecular flexibility index (Phi) is 13.2. The van der Waals surface area contributed by atoms with Gasteiger partial charge in [0.1, 0.15) is 25.5 Å². The SMILES string of the molecule is COc1cc2c(cc1OCCCOc1cc3c(cc1OC)C(=O)N1CC(=O)C[C@H]1C(=O)N3COCC[Si](C)(C)C)N(COCC[Si](C)(C)C)C(=O)[C@@H]1CC(=O)CN1C2=O. The Morgan fingerprint density at radius 2 is 0.949 bits per heavy atom. The lowest BCUT2D eigenvalue weighted by atomic mass is 10.1. The minimum Gasteiger partial charge on any atom is -0.493 e. The highest BCUT2D eigenvalue weighted by atomic mass is 28.3. The molecule has 2 atom stereocenters. The average molecular weight is 853 g/mol. The highest BCUT2D eigenvalue weighted by Crippen LogP contribution is 2.41. The van der Waals surface area contributed by atoms with Crippen molar-refractivity contribution < 1.29 is 57.2 Å². The molecule has 0 saturated carbocycles. The summed E-state index contributed by atoms with van der Waals surface area (Å²) in [6.07, 6.45) is 0.242. The third kappa shape index (κ3) is 9.82. The highest BCUT2D eigenvalue weighted by Gasteiger charge is 2.47. The van der Waals surface area contributed by atoms with Crippen molar-refractivity contribution >= 4 is 62.7 Å². The molecule has 4 aliphatic heterocycles. The van der Waals surface area contributed by atoms with Gasteiger partial charge in [-0.3, -0.25) is 38.6 Å². The largest absolute Gasteiger partial charge is 0.493 e. The number of ketones is 2. The first kappa shape index (κ1) is 43.8. The molecule has 0 N–H and O–H groups in total. The van der Waals surface area contributed by atoms with Gasteiger partial charge in [-0.2, -0.15) is 0 Å². The van der Waals surface area contributed by atoms with Gasteiger partial charge in [0.2, 0.25) is 0 Å². The molecule has 2 aromatic carbocycles. The van der Waals surface area contributed by atoms with Gasteiger partial charge in [0.25, 0.3) is 23.6 Å². The maximum Gasteiger partial charge on any atom is 0.257 e. The summed E-state index contributed by atoms with van der Waals surface area (Å²) in [5.74, 6) is -0.941. The molecule has 0 spiro atoms. The van der Waals surface area contributed by atoms with Crippen LogP contribution < -0.4 is 28.7 Å². The monoisotopic (exact) mass is 852 g/mol. The molecular formula is C41H56N4O12Si2. The van der Waals surface area contributed by atoms with Crippen molar-refractivity contribution in [1.29, 1.82) is 0 Å². The lowest BCUT2D eigenvalue weighted by Crippen LogP contribution is -2.45. The molecule has 2 fully saturated rings. The van der Waals surface area contributed by atoms with Gasteiger partial charge in [-0.15, -0.1) is 0 Å². The number of Topliss-reactive ketones (excluding diaryl/α,β-unsaturated/α-hetero) is 2. The van der Waals surface area contributed by atoms with E-state index in [-0.39, 0.29) is 86.8 Å². The summed E-state index contributed by atoms with van der Waals surface area (Å²) in [6.45, 7) is 14.1. The molecule has 16 nitrogen and oxygen atoms in total. The van der Waals surface area contributed by atoms with E-state index in [1.165, 1.54) is 46.0 Å². The number of nitrogens with zero attached hydrogens (tertiary/aromatic N) is 4. The molecule has 6 rings (SSSR count). The molecular weight excluding hydrogens is 797 g/mol. The van der Waals surface area contributed by atoms with Crippen LogP contribution in [0.1, 0.15) is 40.0 Å². The van der Waals surface area contributed by atoms with Crippen LogP contribution in [0.25, 0.3) is 0 Å². The number of amides is 4. The van der Waals surface area contributed by atoms with Crippen LogP contribution in [0.3, 0.4) is 0 Å². The van der Waals surface area contributed by atoms with E-state index < -0.39 is 51.9 Å². The van der Waals surface area contributed by atoms with Crippen molar-refractivity contribution in [3.05, 3.63) is 35.4 Å². The molecule has 4 amide bonds. The number of carbonyl (C=O) groups is 6. The summed E-state index contributed by atoms with van der Waals surface area (Å²) >= 11 is 0. The normalized spacial score (nSPS) is 19.4. The summed E-state index contributed by atoms with van der Waals surface area (Å²) in [4.78, 5) is 85.7. The second-order valence-corrected chi connectivity index (χ2v) is 28.9. The van der Waals surface area contributed by atoms with Crippen molar-refractivity contribution in [3.8, 4) is 23.0 Å². The van der Waals surface area contributed by atoms with E-state index in [9.17, 15) is 28.8 Å². The Hall–Kier alpha value is -4.79. The van der Waals surface area contributed by atoms with Gasteiger partial charge in [-0.05, 0) is 24.2 Å². The number of hydrogen-bond acceptors (Lipinski definition) is 12. The number of carbonyl (C=O) groups excluding carboxylic acids is 6. The zero-order valence-electron chi connectivity index (χ0n) is 35.3. The Morgan fingerprint density at radius 3 is 1.31 bits per heavy atom. The summed E-state index contributed by atoms with van der Waals surface area (Å²) in [5, 5.41) is 0. The third-order valence-corrected chi connectivity index (χ3v) is 14.2. The standard InChI is InChI=1S/C41H56N4O12Si2/c1-52-34-18-28-30(44(24-54-12-14-58(3,4)5)40(50)32-16-26(46)22-42(32)38(28)48)20-36(34)56-10-9-11-57-37-21-31-29(19-35(37)53-2)39(49)43-23-27(47)17-33(43)41(51)45(31)25-55-13-15-59(6,7)8/h18-21,32-33H,9-17,22-25H2,1-8H3/t32-,33-/m0/s1. The molecule has 2 saturated heterocycles. The van der Waals surface area contributed by atoms with Crippen molar-refractivity contribution in [3.63, 3.8) is 0 Å². The van der Waals surface area contributed by atoms with Crippen molar-refractivity contribution in [2.75, 3.05) is 77.0 Å². The van der Waals surface area contributed by atoms with E-state index in [2.05, 4.69) is 39.3 Å². The van der Waals surface area contributed by atoms with E-state index in [0.29, 0.717) is 42.5 Å². The molecule has 18 heteroatoms. The molecule has 2 aromatic rings. The Labute approximate surface area is 347 Å². The van der Waals surface area contributed by atoms with Crippen LogP contribution in [-0.4, -0.2) is 140 Å². The van der Waals surface area contributed by atoms with Crippen molar-refractivity contribution in [2.45, 2.75) is 82.7 Å². The Balaban J connectivity index is 1.19. The number of rotatable bonds is 18. The first-order valence-electron chi connectivity index (χ1n) is 20.0. The lowest BCUT2D eigenvalue weighted by Gasteiger charge is -2.26. The van der Waals surface area contributed by atoms with Gasteiger partial charge >= 0.3 is 0 Å². The van der Waals surface area contributed by atoms with Gasteiger partial charge in [0, 0.05) is 60.8 Å². The number of fused-ring (bicyclic) bond motifs is 4. The first-order valence-corrected chi connectivity index (χ1v) is 27.5. The average Bonchev–Trinajstić information content (AvgIpc) is 3.74. The first-order chi connectivity index (χ1) is 27.9. The molecule has 0 aliphatic carbocycles. The van der Waals surface area contributed by atoms with Gasteiger partial charge in [0.05, 0.1) is 63.0 Å². The fourth-order valence-electron chi connectivity index (χ4n) is 7.35. The predicted molar refractivity (Wildman–Crippen MR) is 223 cm³/mol. The fraction of sp³-hybridized carbons (Fsp3) is 0.561. The van der Waals surface area contributed by atoms with E-state index in [0.717, 1.165) is 12.1 Å². The molecule has 0 unspecified atom stereocenters. The molecule has 4 heterocycles. The summed E-state index contributed by atoms with van der Waals surface area (Å²) < 4.78 is 35.6. The van der Waals surface area contributed by atoms with Gasteiger partial charge in [-0.1, -0.05) is 39.3 Å². The maximum absolute atomic E-state index is 13.9. The fourth-order valence-corrected chi connectivity index (χ4v) is 8.86. The molecule has 320 valence electrons. The number of benzene rings is 2. The maximum atomic E-state index is 13.9. The van der Waals surface area contributed by atoms with Crippen LogP contribution in [0.4, 0.5) is 11.4 Å². The molecule has 0 radical (unpaired) electrons. The van der Waals surface area contributed by atoms with Gasteiger partial charge in [-0.25, -0.2) is 0 Å². The number of hydrogen-bond donors (Lipinski definition) is 0. The number of ether oxygens (including phenoxy) is 6. The second-order valence-electron chi connectivity index (χ2n) is 17.7. The van der Waals surface area contributed by atoms with Crippen LogP contribution >= 0.6 is 0 Å². The number of methoxy groups -OCH3 is 2. The van der Waals surface area contributed by atoms with Crippen molar-refractivity contribution in [2.24, 2.45) is 0 Å². The summed E-state index contributed by atoms with van der Waals surface area (Å²) in [6, 6.07) is 6.17. The smallest absolute Gasteiger partial charge is 0.257 e. The molecule has 59 heavy (non-hydrogen) atoms.